The zero-order valence-electron chi connectivity index (χ0n) is 11.9. The number of halogens is 2. The largest absolute Gasteiger partial charge is 0.309 e. The normalized spacial score (nSPS) is 12.9. The van der Waals surface area contributed by atoms with Gasteiger partial charge in [0.1, 0.15) is 0 Å². The summed E-state index contributed by atoms with van der Waals surface area (Å²) in [6.07, 6.45) is 0. The Hall–Kier alpha value is -0.350. The Morgan fingerprint density at radius 3 is 2.65 bits per heavy atom. The molecule has 0 spiro atoms. The van der Waals surface area contributed by atoms with Gasteiger partial charge < -0.3 is 5.32 Å². The van der Waals surface area contributed by atoms with Crippen LogP contribution in [0.25, 0.3) is 10.4 Å². The molecule has 4 heteroatoms. The minimum absolute atomic E-state index is 0.407. The van der Waals surface area contributed by atoms with Gasteiger partial charge in [-0.1, -0.05) is 48.3 Å². The van der Waals surface area contributed by atoms with Crippen LogP contribution in [0, 0.1) is 5.92 Å². The average molecular weight is 373 g/mol. The van der Waals surface area contributed by atoms with Crippen LogP contribution < -0.4 is 5.32 Å². The number of nitrogens with one attached hydrogen (secondary N) is 1. The first-order chi connectivity index (χ1) is 9.52. The van der Waals surface area contributed by atoms with E-state index in [4.69, 9.17) is 11.6 Å². The molecule has 1 unspecified atom stereocenters. The van der Waals surface area contributed by atoms with E-state index >= 15 is 0 Å². The topological polar surface area (TPSA) is 12.0 Å². The molecular formula is C16H19BrClNS. The van der Waals surface area contributed by atoms with Crippen molar-refractivity contribution >= 4 is 38.9 Å². The summed E-state index contributed by atoms with van der Waals surface area (Å²) in [5.41, 5.74) is 1.09. The Labute approximate surface area is 138 Å². The molecule has 20 heavy (non-hydrogen) atoms. The second-order valence-electron chi connectivity index (χ2n) is 5.11. The summed E-state index contributed by atoms with van der Waals surface area (Å²) in [5, 5.41) is 4.35. The van der Waals surface area contributed by atoms with Crippen molar-refractivity contribution in [2.24, 2.45) is 5.92 Å². The van der Waals surface area contributed by atoms with Crippen molar-refractivity contribution in [1.82, 2.24) is 5.32 Å². The van der Waals surface area contributed by atoms with E-state index in [1.165, 1.54) is 9.75 Å². The molecule has 1 atom stereocenters. The highest BCUT2D eigenvalue weighted by molar-refractivity contribution is 9.10. The van der Waals surface area contributed by atoms with Gasteiger partial charge in [-0.2, -0.15) is 0 Å². The predicted octanol–water partition coefficient (Wildman–Crippen LogP) is 6.14. The fourth-order valence-corrected chi connectivity index (χ4v) is 4.16. The lowest BCUT2D eigenvalue weighted by molar-refractivity contribution is 0.428. The van der Waals surface area contributed by atoms with Crippen molar-refractivity contribution in [3.8, 4) is 10.4 Å². The zero-order chi connectivity index (χ0) is 14.7. The Morgan fingerprint density at radius 2 is 2.00 bits per heavy atom. The van der Waals surface area contributed by atoms with Crippen LogP contribution >= 0.6 is 38.9 Å². The van der Waals surface area contributed by atoms with Gasteiger partial charge in [0.2, 0.25) is 0 Å². The maximum absolute atomic E-state index is 6.31. The van der Waals surface area contributed by atoms with Crippen molar-refractivity contribution in [2.45, 2.75) is 26.8 Å². The SMILES string of the molecule is CCNC(c1ccc(-c2cc(Br)ccc2Cl)s1)C(C)C. The van der Waals surface area contributed by atoms with E-state index in [2.05, 4.69) is 60.2 Å². The third kappa shape index (κ3) is 3.64. The molecular weight excluding hydrogens is 354 g/mol. The lowest BCUT2D eigenvalue weighted by atomic mass is 10.0. The highest BCUT2D eigenvalue weighted by atomic mass is 79.9. The predicted molar refractivity (Wildman–Crippen MR) is 93.7 cm³/mol. The second kappa shape index (κ2) is 7.08. The lowest BCUT2D eigenvalue weighted by Gasteiger charge is -2.20. The quantitative estimate of drug-likeness (QED) is 0.665. The number of thiophene rings is 1. The van der Waals surface area contributed by atoms with Crippen LogP contribution in [-0.2, 0) is 0 Å². The van der Waals surface area contributed by atoms with Crippen LogP contribution in [0.2, 0.25) is 5.02 Å². The van der Waals surface area contributed by atoms with Gasteiger partial charge in [0.25, 0.3) is 0 Å². The van der Waals surface area contributed by atoms with Crippen LogP contribution in [0.3, 0.4) is 0 Å². The van der Waals surface area contributed by atoms with Gasteiger partial charge in [-0.15, -0.1) is 11.3 Å². The number of benzene rings is 1. The van der Waals surface area contributed by atoms with Crippen molar-refractivity contribution in [2.75, 3.05) is 6.54 Å². The molecule has 108 valence electrons. The Balaban J connectivity index is 2.34. The molecule has 0 amide bonds. The van der Waals surface area contributed by atoms with E-state index in [9.17, 15) is 0 Å². The molecule has 0 aliphatic carbocycles. The molecule has 1 aromatic carbocycles. The highest BCUT2D eigenvalue weighted by Gasteiger charge is 2.17. The summed E-state index contributed by atoms with van der Waals surface area (Å²) in [5.74, 6) is 0.569. The number of hydrogen-bond acceptors (Lipinski definition) is 2. The molecule has 0 aliphatic heterocycles. The van der Waals surface area contributed by atoms with E-state index in [0.717, 1.165) is 21.6 Å². The third-order valence-corrected chi connectivity index (χ3v) is 5.24. The second-order valence-corrected chi connectivity index (χ2v) is 7.54. The molecule has 0 aliphatic rings. The summed E-state index contributed by atoms with van der Waals surface area (Å²) in [4.78, 5) is 2.59. The molecule has 0 radical (unpaired) electrons. The fourth-order valence-electron chi connectivity index (χ4n) is 2.24. The number of rotatable bonds is 5. The molecule has 1 N–H and O–H groups in total. The molecule has 2 rings (SSSR count). The Bertz CT molecular complexity index is 580. The van der Waals surface area contributed by atoms with Crippen LogP contribution in [0.4, 0.5) is 0 Å². The van der Waals surface area contributed by atoms with Crippen molar-refractivity contribution in [3.05, 3.63) is 44.7 Å². The smallest absolute Gasteiger partial charge is 0.0493 e. The Morgan fingerprint density at radius 1 is 1.25 bits per heavy atom. The van der Waals surface area contributed by atoms with Crippen molar-refractivity contribution in [1.29, 1.82) is 0 Å². The molecule has 0 bridgehead atoms. The first-order valence-corrected chi connectivity index (χ1v) is 8.80. The van der Waals surface area contributed by atoms with Gasteiger partial charge in [0.15, 0.2) is 0 Å². The minimum atomic E-state index is 0.407. The summed E-state index contributed by atoms with van der Waals surface area (Å²) in [6.45, 7) is 7.63. The number of hydrogen-bond donors (Lipinski definition) is 1. The van der Waals surface area contributed by atoms with Gasteiger partial charge in [-0.05, 0) is 42.8 Å². The summed E-state index contributed by atoms with van der Waals surface area (Å²) < 4.78 is 1.05. The molecule has 1 nitrogen and oxygen atoms in total. The standard InChI is InChI=1S/C16H19BrClNS/c1-4-19-16(10(2)3)15-8-7-14(20-15)12-9-11(17)5-6-13(12)18/h5-10,16,19H,4H2,1-3H3. The van der Waals surface area contributed by atoms with Crippen molar-refractivity contribution in [3.63, 3.8) is 0 Å². The van der Waals surface area contributed by atoms with Crippen LogP contribution in [-0.4, -0.2) is 6.54 Å². The van der Waals surface area contributed by atoms with Gasteiger partial charge in [-0.3, -0.25) is 0 Å². The fraction of sp³-hybridized carbons (Fsp3) is 0.375. The van der Waals surface area contributed by atoms with Gasteiger partial charge >= 0.3 is 0 Å². The molecule has 1 aromatic heterocycles. The highest BCUT2D eigenvalue weighted by Crippen LogP contribution is 2.38. The zero-order valence-corrected chi connectivity index (χ0v) is 15.1. The molecule has 1 heterocycles. The summed E-state index contributed by atoms with van der Waals surface area (Å²) in [6, 6.07) is 10.8. The first-order valence-electron chi connectivity index (χ1n) is 6.81. The van der Waals surface area contributed by atoms with E-state index in [1.54, 1.807) is 0 Å². The molecule has 0 saturated heterocycles. The van der Waals surface area contributed by atoms with E-state index < -0.39 is 0 Å². The van der Waals surface area contributed by atoms with Crippen LogP contribution in [0.1, 0.15) is 31.7 Å². The summed E-state index contributed by atoms with van der Waals surface area (Å²) >= 11 is 11.6. The first kappa shape index (κ1) is 16.0. The van der Waals surface area contributed by atoms with E-state index in [-0.39, 0.29) is 0 Å². The van der Waals surface area contributed by atoms with E-state index in [1.807, 2.05) is 23.5 Å². The maximum atomic E-state index is 6.31. The minimum Gasteiger partial charge on any atom is -0.309 e. The van der Waals surface area contributed by atoms with Crippen LogP contribution in [0.5, 0.6) is 0 Å². The molecule has 0 fully saturated rings. The summed E-state index contributed by atoms with van der Waals surface area (Å²) in [7, 11) is 0. The van der Waals surface area contributed by atoms with Gasteiger partial charge in [0.05, 0.1) is 0 Å². The maximum Gasteiger partial charge on any atom is 0.0493 e. The van der Waals surface area contributed by atoms with Crippen molar-refractivity contribution < 1.29 is 0 Å². The van der Waals surface area contributed by atoms with Gasteiger partial charge in [-0.25, -0.2) is 0 Å². The molecule has 0 saturated carbocycles. The van der Waals surface area contributed by atoms with E-state index in [0.29, 0.717) is 12.0 Å². The monoisotopic (exact) mass is 371 g/mol. The lowest BCUT2D eigenvalue weighted by Crippen LogP contribution is -2.24. The van der Waals surface area contributed by atoms with Gasteiger partial charge in [0, 0.05) is 30.9 Å². The van der Waals surface area contributed by atoms with Crippen LogP contribution in [0.15, 0.2) is 34.8 Å². The molecule has 2 aromatic rings. The average Bonchev–Trinajstić information content (AvgIpc) is 2.87. The Kier molecular flexibility index (Phi) is 5.67. The third-order valence-electron chi connectivity index (χ3n) is 3.22.